The average molecular weight is 512 g/mol. The molecular formula is C22H18BrN5O3S. The Morgan fingerprint density at radius 3 is 2.50 bits per heavy atom. The van der Waals surface area contributed by atoms with Gasteiger partial charge < -0.3 is 5.73 Å². The van der Waals surface area contributed by atoms with E-state index in [1.807, 2.05) is 30.3 Å². The Morgan fingerprint density at radius 2 is 1.84 bits per heavy atom. The second kappa shape index (κ2) is 8.29. The lowest BCUT2D eigenvalue weighted by Crippen LogP contribution is -2.28. The summed E-state index contributed by atoms with van der Waals surface area (Å²) < 4.78 is 25.5. The third-order valence-electron chi connectivity index (χ3n) is 4.95. The molecule has 0 saturated heterocycles. The summed E-state index contributed by atoms with van der Waals surface area (Å²) in [4.78, 5) is 24.4. The minimum atomic E-state index is -3.73. The first-order chi connectivity index (χ1) is 15.2. The molecule has 0 aliphatic rings. The molecule has 0 aliphatic carbocycles. The summed E-state index contributed by atoms with van der Waals surface area (Å²) in [6.07, 6.45) is 2.63. The molecular weight excluding hydrogens is 494 g/mol. The first kappa shape index (κ1) is 21.8. The van der Waals surface area contributed by atoms with Crippen molar-refractivity contribution in [1.82, 2.24) is 15.0 Å². The Balaban J connectivity index is 1.93. The SMILES string of the molecule is Cc1cc(-c2cc(-c3cccc(Br)c3)c3c(N)ncnc3n2)ccc1N(C=O)S(C)(=O)=O. The number of aromatic nitrogens is 3. The van der Waals surface area contributed by atoms with Gasteiger partial charge in [-0.25, -0.2) is 27.7 Å². The van der Waals surface area contributed by atoms with Crippen molar-refractivity contribution in [3.05, 3.63) is 64.9 Å². The summed E-state index contributed by atoms with van der Waals surface area (Å²) in [7, 11) is -3.73. The van der Waals surface area contributed by atoms with Gasteiger partial charge in [0.2, 0.25) is 16.4 Å². The quantitative estimate of drug-likeness (QED) is 0.403. The van der Waals surface area contributed by atoms with Crippen molar-refractivity contribution in [3.8, 4) is 22.4 Å². The highest BCUT2D eigenvalue weighted by molar-refractivity contribution is 9.10. The van der Waals surface area contributed by atoms with Crippen LogP contribution in [0, 0.1) is 6.92 Å². The number of amides is 1. The second-order valence-electron chi connectivity index (χ2n) is 7.19. The van der Waals surface area contributed by atoms with E-state index in [9.17, 15) is 13.2 Å². The van der Waals surface area contributed by atoms with Crippen molar-refractivity contribution in [2.75, 3.05) is 16.3 Å². The number of nitrogens with two attached hydrogens (primary N) is 1. The highest BCUT2D eigenvalue weighted by Crippen LogP contribution is 2.35. The van der Waals surface area contributed by atoms with Crippen LogP contribution < -0.4 is 10.0 Å². The smallest absolute Gasteiger partial charge is 0.238 e. The fourth-order valence-corrected chi connectivity index (χ4v) is 4.61. The van der Waals surface area contributed by atoms with Crippen LogP contribution >= 0.6 is 15.9 Å². The van der Waals surface area contributed by atoms with Crippen LogP contribution in [0.15, 0.2) is 59.3 Å². The maximum absolute atomic E-state index is 11.9. The number of carbonyl (C=O) groups is 1. The van der Waals surface area contributed by atoms with Crippen LogP contribution in [0.1, 0.15) is 5.56 Å². The number of benzene rings is 2. The number of halogens is 1. The van der Waals surface area contributed by atoms with Gasteiger partial charge in [0.15, 0.2) is 5.65 Å². The zero-order valence-electron chi connectivity index (χ0n) is 17.2. The van der Waals surface area contributed by atoms with Crippen LogP contribution in [-0.4, -0.2) is 36.0 Å². The number of hydrogen-bond acceptors (Lipinski definition) is 7. The van der Waals surface area contributed by atoms with Crippen molar-refractivity contribution in [2.24, 2.45) is 0 Å². The minimum Gasteiger partial charge on any atom is -0.383 e. The maximum Gasteiger partial charge on any atom is 0.238 e. The Morgan fingerprint density at radius 1 is 1.06 bits per heavy atom. The van der Waals surface area contributed by atoms with Gasteiger partial charge in [0.1, 0.15) is 12.1 Å². The molecule has 4 aromatic rings. The number of fused-ring (bicyclic) bond motifs is 1. The first-order valence-electron chi connectivity index (χ1n) is 9.42. The number of pyridine rings is 1. The molecule has 0 fully saturated rings. The number of nitrogen functional groups attached to an aromatic ring is 1. The van der Waals surface area contributed by atoms with E-state index in [2.05, 4.69) is 30.9 Å². The summed E-state index contributed by atoms with van der Waals surface area (Å²) >= 11 is 3.50. The van der Waals surface area contributed by atoms with E-state index in [1.165, 1.54) is 6.33 Å². The van der Waals surface area contributed by atoms with Gasteiger partial charge in [-0.15, -0.1) is 0 Å². The highest BCUT2D eigenvalue weighted by Gasteiger charge is 2.20. The van der Waals surface area contributed by atoms with E-state index in [1.54, 1.807) is 25.1 Å². The average Bonchev–Trinajstić information content (AvgIpc) is 2.74. The fourth-order valence-electron chi connectivity index (χ4n) is 3.50. The molecule has 32 heavy (non-hydrogen) atoms. The van der Waals surface area contributed by atoms with Gasteiger partial charge in [-0.2, -0.15) is 0 Å². The van der Waals surface area contributed by atoms with Gasteiger partial charge in [0, 0.05) is 10.0 Å². The van der Waals surface area contributed by atoms with Crippen molar-refractivity contribution >= 4 is 54.9 Å². The lowest BCUT2D eigenvalue weighted by Gasteiger charge is -2.18. The predicted octanol–water partition coefficient (Wildman–Crippen LogP) is 3.93. The monoisotopic (exact) mass is 511 g/mol. The fraction of sp³-hybridized carbons (Fsp3) is 0.0909. The summed E-state index contributed by atoms with van der Waals surface area (Å²) in [5.41, 5.74) is 10.6. The van der Waals surface area contributed by atoms with Crippen LogP contribution in [0.5, 0.6) is 0 Å². The first-order valence-corrected chi connectivity index (χ1v) is 12.1. The van der Waals surface area contributed by atoms with Crippen LogP contribution in [0.3, 0.4) is 0 Å². The Hall–Kier alpha value is -3.37. The largest absolute Gasteiger partial charge is 0.383 e. The lowest BCUT2D eigenvalue weighted by atomic mass is 9.99. The molecule has 2 N–H and O–H groups in total. The molecule has 2 aromatic carbocycles. The molecule has 2 aromatic heterocycles. The molecule has 4 rings (SSSR count). The number of carbonyl (C=O) groups excluding carboxylic acids is 1. The van der Waals surface area contributed by atoms with Gasteiger partial charge in [0.05, 0.1) is 23.0 Å². The van der Waals surface area contributed by atoms with Crippen molar-refractivity contribution in [2.45, 2.75) is 6.92 Å². The van der Waals surface area contributed by atoms with E-state index in [-0.39, 0.29) is 12.1 Å². The van der Waals surface area contributed by atoms with Crippen molar-refractivity contribution in [1.29, 1.82) is 0 Å². The van der Waals surface area contributed by atoms with Crippen LogP contribution in [-0.2, 0) is 14.8 Å². The standard InChI is InChI=1S/C22H18BrN5O3S/c1-13-8-15(6-7-19(13)28(12-29)32(2,30)31)18-10-17(14-4-3-5-16(23)9-14)20-21(24)25-11-26-22(20)27-18/h3-12H,1-2H3,(H2,24,25,26,27). The van der Waals surface area contributed by atoms with Gasteiger partial charge in [-0.05, 0) is 53.9 Å². The van der Waals surface area contributed by atoms with E-state index in [0.29, 0.717) is 32.4 Å². The zero-order valence-corrected chi connectivity index (χ0v) is 19.6. The van der Waals surface area contributed by atoms with E-state index >= 15 is 0 Å². The zero-order chi connectivity index (χ0) is 23.0. The molecule has 0 saturated carbocycles. The molecule has 0 unspecified atom stereocenters. The molecule has 162 valence electrons. The predicted molar refractivity (Wildman–Crippen MR) is 128 cm³/mol. The van der Waals surface area contributed by atoms with Gasteiger partial charge in [0.25, 0.3) is 0 Å². The molecule has 0 atom stereocenters. The number of rotatable bonds is 5. The van der Waals surface area contributed by atoms with E-state index < -0.39 is 10.0 Å². The molecule has 0 aliphatic heterocycles. The number of anilines is 2. The van der Waals surface area contributed by atoms with Gasteiger partial charge in [-0.3, -0.25) is 4.79 Å². The third kappa shape index (κ3) is 4.06. The van der Waals surface area contributed by atoms with Crippen LogP contribution in [0.2, 0.25) is 0 Å². The second-order valence-corrected chi connectivity index (χ2v) is 9.96. The third-order valence-corrected chi connectivity index (χ3v) is 6.44. The molecule has 1 amide bonds. The topological polar surface area (TPSA) is 119 Å². The summed E-state index contributed by atoms with van der Waals surface area (Å²) in [5, 5.41) is 0.645. The molecule has 8 nitrogen and oxygen atoms in total. The number of sulfonamides is 1. The van der Waals surface area contributed by atoms with E-state index in [0.717, 1.165) is 27.4 Å². The lowest BCUT2D eigenvalue weighted by molar-refractivity contribution is -0.106. The van der Waals surface area contributed by atoms with Gasteiger partial charge >= 0.3 is 0 Å². The molecule has 2 heterocycles. The molecule has 0 radical (unpaired) electrons. The number of aryl methyl sites for hydroxylation is 1. The maximum atomic E-state index is 11.9. The molecule has 0 bridgehead atoms. The number of hydrogen-bond donors (Lipinski definition) is 1. The molecule has 10 heteroatoms. The van der Waals surface area contributed by atoms with Crippen LogP contribution in [0.4, 0.5) is 11.5 Å². The minimum absolute atomic E-state index is 0.283. The van der Waals surface area contributed by atoms with Gasteiger partial charge in [-0.1, -0.05) is 34.1 Å². The normalized spacial score (nSPS) is 11.5. The Labute approximate surface area is 193 Å². The number of nitrogens with zero attached hydrogens (tertiary/aromatic N) is 4. The van der Waals surface area contributed by atoms with Crippen LogP contribution in [0.25, 0.3) is 33.4 Å². The van der Waals surface area contributed by atoms with Crippen molar-refractivity contribution < 1.29 is 13.2 Å². The Kier molecular flexibility index (Phi) is 5.66. The highest BCUT2D eigenvalue weighted by atomic mass is 79.9. The Bertz CT molecular complexity index is 1470. The summed E-state index contributed by atoms with van der Waals surface area (Å²) in [6.45, 7) is 1.73. The van der Waals surface area contributed by atoms with Crippen molar-refractivity contribution in [3.63, 3.8) is 0 Å². The molecule has 0 spiro atoms. The summed E-state index contributed by atoms with van der Waals surface area (Å²) in [6, 6.07) is 14.7. The van der Waals surface area contributed by atoms with E-state index in [4.69, 9.17) is 5.73 Å². The summed E-state index contributed by atoms with van der Waals surface area (Å²) in [5.74, 6) is 0.324.